The van der Waals surface area contributed by atoms with Crippen LogP contribution in [0.15, 0.2) is 28.8 Å². The minimum atomic E-state index is -0.331. The number of rotatable bonds is 6. The molecule has 6 nitrogen and oxygen atoms in total. The van der Waals surface area contributed by atoms with Gasteiger partial charge in [0.15, 0.2) is 5.82 Å². The quantitative estimate of drug-likeness (QED) is 0.818. The SMILES string of the molecule is CCN(Cc1noc(C)n1)C(=O)C(c1cccc(C)c1)N(C)C. The van der Waals surface area contributed by atoms with Crippen molar-refractivity contribution in [3.8, 4) is 0 Å². The van der Waals surface area contributed by atoms with Crippen LogP contribution in [-0.2, 0) is 11.3 Å². The lowest BCUT2D eigenvalue weighted by Gasteiger charge is -2.29. The Bertz CT molecular complexity index is 666. The standard InChI is InChI=1S/C17H24N4O2/c1-6-21(11-15-18-13(3)23-19-15)17(22)16(20(4)5)14-9-7-8-12(2)10-14/h7-10,16H,6,11H2,1-5H3. The Hall–Kier alpha value is -2.21. The normalized spacial score (nSPS) is 12.4. The van der Waals surface area contributed by atoms with Crippen molar-refractivity contribution in [2.24, 2.45) is 0 Å². The predicted octanol–water partition coefficient (Wildman–Crippen LogP) is 2.34. The number of carbonyl (C=O) groups excluding carboxylic acids is 1. The van der Waals surface area contributed by atoms with Crippen LogP contribution in [-0.4, -0.2) is 46.5 Å². The van der Waals surface area contributed by atoms with Gasteiger partial charge >= 0.3 is 0 Å². The summed E-state index contributed by atoms with van der Waals surface area (Å²) in [7, 11) is 3.83. The van der Waals surface area contributed by atoms with E-state index in [4.69, 9.17) is 4.52 Å². The molecular formula is C17H24N4O2. The molecule has 0 saturated heterocycles. The van der Waals surface area contributed by atoms with Gasteiger partial charge in [-0.05, 0) is 33.5 Å². The topological polar surface area (TPSA) is 62.5 Å². The van der Waals surface area contributed by atoms with E-state index >= 15 is 0 Å². The first-order valence-corrected chi connectivity index (χ1v) is 7.73. The molecule has 1 aromatic heterocycles. The van der Waals surface area contributed by atoms with Crippen LogP contribution in [0.2, 0.25) is 0 Å². The smallest absolute Gasteiger partial charge is 0.244 e. The van der Waals surface area contributed by atoms with Gasteiger partial charge in [-0.3, -0.25) is 9.69 Å². The molecular weight excluding hydrogens is 292 g/mol. The van der Waals surface area contributed by atoms with Crippen molar-refractivity contribution < 1.29 is 9.32 Å². The summed E-state index contributed by atoms with van der Waals surface area (Å²) in [5.74, 6) is 1.07. The summed E-state index contributed by atoms with van der Waals surface area (Å²) in [5, 5.41) is 3.88. The maximum Gasteiger partial charge on any atom is 0.244 e. The van der Waals surface area contributed by atoms with E-state index in [1.165, 1.54) is 0 Å². The predicted molar refractivity (Wildman–Crippen MR) is 87.7 cm³/mol. The molecule has 0 radical (unpaired) electrons. The van der Waals surface area contributed by atoms with E-state index in [0.29, 0.717) is 24.8 Å². The fourth-order valence-electron chi connectivity index (χ4n) is 2.60. The van der Waals surface area contributed by atoms with E-state index in [2.05, 4.69) is 16.2 Å². The number of amides is 1. The minimum Gasteiger partial charge on any atom is -0.340 e. The van der Waals surface area contributed by atoms with Crippen LogP contribution in [0.5, 0.6) is 0 Å². The molecule has 2 rings (SSSR count). The van der Waals surface area contributed by atoms with Gasteiger partial charge < -0.3 is 9.42 Å². The van der Waals surface area contributed by atoms with E-state index in [1.807, 2.05) is 51.0 Å². The summed E-state index contributed by atoms with van der Waals surface area (Å²) >= 11 is 0. The van der Waals surface area contributed by atoms with Crippen LogP contribution in [0, 0.1) is 13.8 Å². The second-order valence-corrected chi connectivity index (χ2v) is 5.86. The van der Waals surface area contributed by atoms with Gasteiger partial charge in [-0.2, -0.15) is 4.98 Å². The molecule has 0 aliphatic rings. The molecule has 6 heteroatoms. The van der Waals surface area contributed by atoms with E-state index in [0.717, 1.165) is 11.1 Å². The lowest BCUT2D eigenvalue weighted by molar-refractivity contribution is -0.136. The summed E-state index contributed by atoms with van der Waals surface area (Å²) < 4.78 is 4.99. The second-order valence-electron chi connectivity index (χ2n) is 5.86. The molecule has 0 N–H and O–H groups in total. The van der Waals surface area contributed by atoms with Crippen molar-refractivity contribution >= 4 is 5.91 Å². The number of likely N-dealkylation sites (N-methyl/N-ethyl adjacent to an activating group) is 2. The molecule has 1 aromatic carbocycles. The number of aryl methyl sites for hydroxylation is 2. The molecule has 0 aliphatic carbocycles. The number of carbonyl (C=O) groups is 1. The molecule has 1 atom stereocenters. The second kappa shape index (κ2) is 7.37. The maximum absolute atomic E-state index is 13.0. The Labute approximate surface area is 137 Å². The fourth-order valence-corrected chi connectivity index (χ4v) is 2.60. The van der Waals surface area contributed by atoms with Crippen molar-refractivity contribution in [2.75, 3.05) is 20.6 Å². The first-order chi connectivity index (χ1) is 10.9. The van der Waals surface area contributed by atoms with Gasteiger partial charge in [0.1, 0.15) is 6.04 Å². The Morgan fingerprint density at radius 3 is 2.57 bits per heavy atom. The number of benzene rings is 1. The molecule has 1 amide bonds. The first-order valence-electron chi connectivity index (χ1n) is 7.73. The molecule has 0 spiro atoms. The summed E-state index contributed by atoms with van der Waals surface area (Å²) in [6.45, 7) is 6.66. The van der Waals surface area contributed by atoms with Crippen LogP contribution in [0.4, 0.5) is 0 Å². The van der Waals surface area contributed by atoms with Crippen LogP contribution in [0.3, 0.4) is 0 Å². The Kier molecular flexibility index (Phi) is 5.50. The monoisotopic (exact) mass is 316 g/mol. The number of hydrogen-bond donors (Lipinski definition) is 0. The molecule has 124 valence electrons. The van der Waals surface area contributed by atoms with Crippen molar-refractivity contribution in [3.05, 3.63) is 47.1 Å². The molecule has 0 bridgehead atoms. The highest BCUT2D eigenvalue weighted by molar-refractivity contribution is 5.83. The molecule has 1 unspecified atom stereocenters. The zero-order chi connectivity index (χ0) is 17.0. The summed E-state index contributed by atoms with van der Waals surface area (Å²) in [6.07, 6.45) is 0. The van der Waals surface area contributed by atoms with Gasteiger partial charge in [-0.15, -0.1) is 0 Å². The Balaban J connectivity index is 2.24. The van der Waals surface area contributed by atoms with E-state index in [9.17, 15) is 4.79 Å². The molecule has 1 heterocycles. The summed E-state index contributed by atoms with van der Waals surface area (Å²) in [4.78, 5) is 20.9. The number of nitrogens with zero attached hydrogens (tertiary/aromatic N) is 4. The zero-order valence-corrected chi connectivity index (χ0v) is 14.4. The van der Waals surface area contributed by atoms with E-state index < -0.39 is 0 Å². The molecule has 0 fully saturated rings. The van der Waals surface area contributed by atoms with E-state index in [1.54, 1.807) is 11.8 Å². The van der Waals surface area contributed by atoms with Crippen molar-refractivity contribution in [2.45, 2.75) is 33.4 Å². The number of hydrogen-bond acceptors (Lipinski definition) is 5. The highest BCUT2D eigenvalue weighted by Crippen LogP contribution is 2.22. The Morgan fingerprint density at radius 2 is 2.04 bits per heavy atom. The average molecular weight is 316 g/mol. The van der Waals surface area contributed by atoms with Crippen molar-refractivity contribution in [1.82, 2.24) is 19.9 Å². The van der Waals surface area contributed by atoms with E-state index in [-0.39, 0.29) is 11.9 Å². The highest BCUT2D eigenvalue weighted by atomic mass is 16.5. The summed E-state index contributed by atoms with van der Waals surface area (Å²) in [5.41, 5.74) is 2.13. The molecule has 2 aromatic rings. The largest absolute Gasteiger partial charge is 0.340 e. The van der Waals surface area contributed by atoms with Gasteiger partial charge in [0, 0.05) is 13.5 Å². The zero-order valence-electron chi connectivity index (χ0n) is 14.4. The fraction of sp³-hybridized carbons (Fsp3) is 0.471. The molecule has 0 aliphatic heterocycles. The van der Waals surface area contributed by atoms with Gasteiger partial charge in [0.05, 0.1) is 6.54 Å². The van der Waals surface area contributed by atoms with Crippen LogP contribution < -0.4 is 0 Å². The third-order valence-corrected chi connectivity index (χ3v) is 3.70. The van der Waals surface area contributed by atoms with Gasteiger partial charge in [-0.25, -0.2) is 0 Å². The first kappa shape index (κ1) is 17.1. The highest BCUT2D eigenvalue weighted by Gasteiger charge is 2.28. The van der Waals surface area contributed by atoms with Crippen LogP contribution >= 0.6 is 0 Å². The lowest BCUT2D eigenvalue weighted by Crippen LogP contribution is -2.40. The van der Waals surface area contributed by atoms with Crippen LogP contribution in [0.1, 0.15) is 35.8 Å². The minimum absolute atomic E-state index is 0.0329. The van der Waals surface area contributed by atoms with Crippen molar-refractivity contribution in [3.63, 3.8) is 0 Å². The average Bonchev–Trinajstić information content (AvgIpc) is 2.90. The van der Waals surface area contributed by atoms with Crippen LogP contribution in [0.25, 0.3) is 0 Å². The molecule has 23 heavy (non-hydrogen) atoms. The third kappa shape index (κ3) is 4.16. The third-order valence-electron chi connectivity index (χ3n) is 3.70. The maximum atomic E-state index is 13.0. The summed E-state index contributed by atoms with van der Waals surface area (Å²) in [6, 6.07) is 7.72. The van der Waals surface area contributed by atoms with Gasteiger partial charge in [-0.1, -0.05) is 35.0 Å². The van der Waals surface area contributed by atoms with Gasteiger partial charge in [0.2, 0.25) is 11.8 Å². The van der Waals surface area contributed by atoms with Gasteiger partial charge in [0.25, 0.3) is 0 Å². The lowest BCUT2D eigenvalue weighted by atomic mass is 10.0. The molecule has 0 saturated carbocycles. The Morgan fingerprint density at radius 1 is 1.30 bits per heavy atom. The number of aromatic nitrogens is 2. The van der Waals surface area contributed by atoms with Crippen molar-refractivity contribution in [1.29, 1.82) is 0 Å².